The van der Waals surface area contributed by atoms with Crippen LogP contribution in [0.3, 0.4) is 0 Å². The maximum absolute atomic E-state index is 6.60. The highest BCUT2D eigenvalue weighted by molar-refractivity contribution is 8.14. The Labute approximate surface area is 175 Å². The van der Waals surface area contributed by atoms with Gasteiger partial charge in [-0.2, -0.15) is 0 Å². The van der Waals surface area contributed by atoms with Gasteiger partial charge in [-0.1, -0.05) is 36.4 Å². The van der Waals surface area contributed by atoms with E-state index in [4.69, 9.17) is 26.1 Å². The van der Waals surface area contributed by atoms with Crippen LogP contribution in [0.15, 0.2) is 41.5 Å². The summed E-state index contributed by atoms with van der Waals surface area (Å²) in [6, 6.07) is 10.4. The lowest BCUT2D eigenvalue weighted by Gasteiger charge is -2.32. The third kappa shape index (κ3) is 3.33. The minimum atomic E-state index is -0.0724. The van der Waals surface area contributed by atoms with Crippen LogP contribution in [0.1, 0.15) is 43.6 Å². The van der Waals surface area contributed by atoms with Crippen molar-refractivity contribution in [3.8, 4) is 11.5 Å². The van der Waals surface area contributed by atoms with E-state index in [1.165, 1.54) is 0 Å². The fourth-order valence-corrected chi connectivity index (χ4v) is 5.52. The molecule has 0 N–H and O–H groups in total. The van der Waals surface area contributed by atoms with Gasteiger partial charge in [-0.05, 0) is 43.2 Å². The minimum Gasteiger partial charge on any atom is -0.493 e. The van der Waals surface area contributed by atoms with E-state index in [2.05, 4.69) is 16.8 Å². The first-order valence-corrected chi connectivity index (χ1v) is 10.9. The summed E-state index contributed by atoms with van der Waals surface area (Å²) in [6.45, 7) is 4.69. The molecule has 3 heterocycles. The smallest absolute Gasteiger partial charge is 0.179 e. The Bertz CT molecular complexity index is 877. The van der Waals surface area contributed by atoms with Gasteiger partial charge in [0.15, 0.2) is 16.7 Å². The molecule has 0 amide bonds. The highest BCUT2D eigenvalue weighted by Gasteiger charge is 2.45. The molecule has 1 fully saturated rings. The number of fused-ring (bicyclic) bond motifs is 1. The van der Waals surface area contributed by atoms with Crippen LogP contribution in [0.4, 0.5) is 0 Å². The molecule has 2 aromatic rings. The van der Waals surface area contributed by atoms with Gasteiger partial charge >= 0.3 is 0 Å². The summed E-state index contributed by atoms with van der Waals surface area (Å²) in [5.41, 5.74) is 2.04. The number of aromatic nitrogens is 1. The third-order valence-corrected chi connectivity index (χ3v) is 6.62. The average molecular weight is 418 g/mol. The lowest BCUT2D eigenvalue weighted by molar-refractivity contribution is 0.254. The zero-order valence-electron chi connectivity index (χ0n) is 16.3. The summed E-state index contributed by atoms with van der Waals surface area (Å²) >= 11 is 8.42. The van der Waals surface area contributed by atoms with Crippen molar-refractivity contribution >= 4 is 28.5 Å². The molecule has 0 saturated carbocycles. The molecule has 1 aromatic heterocycles. The van der Waals surface area contributed by atoms with Crippen LogP contribution in [0, 0.1) is 0 Å². The molecule has 0 aliphatic carbocycles. The van der Waals surface area contributed by atoms with Gasteiger partial charge in [0, 0.05) is 18.0 Å². The van der Waals surface area contributed by atoms with E-state index in [-0.39, 0.29) is 12.1 Å². The van der Waals surface area contributed by atoms with Gasteiger partial charge in [-0.25, -0.2) is 0 Å². The van der Waals surface area contributed by atoms with Crippen molar-refractivity contribution in [3.63, 3.8) is 0 Å². The molecular formula is C21H24ClN3O2S. The molecule has 1 saturated heterocycles. The summed E-state index contributed by atoms with van der Waals surface area (Å²) in [4.78, 5) is 12.1. The average Bonchev–Trinajstić information content (AvgIpc) is 3.29. The normalized spacial score (nSPS) is 23.5. The van der Waals surface area contributed by atoms with E-state index in [1.54, 1.807) is 7.11 Å². The van der Waals surface area contributed by atoms with Gasteiger partial charge in [0.1, 0.15) is 6.04 Å². The van der Waals surface area contributed by atoms with Crippen LogP contribution in [-0.4, -0.2) is 40.6 Å². The highest BCUT2D eigenvalue weighted by atomic mass is 35.5. The van der Waals surface area contributed by atoms with E-state index in [1.807, 2.05) is 55.2 Å². The molecule has 148 valence electrons. The zero-order chi connectivity index (χ0) is 19.7. The van der Waals surface area contributed by atoms with Gasteiger partial charge in [0.05, 0.1) is 30.5 Å². The molecule has 0 unspecified atom stereocenters. The Morgan fingerprint density at radius 1 is 1.29 bits per heavy atom. The van der Waals surface area contributed by atoms with Gasteiger partial charge in [-0.15, -0.1) is 0 Å². The summed E-state index contributed by atoms with van der Waals surface area (Å²) < 4.78 is 11.3. The number of aliphatic imine (C=N–C) groups is 1. The van der Waals surface area contributed by atoms with Crippen molar-refractivity contribution in [2.75, 3.05) is 19.5 Å². The topological polar surface area (TPSA) is 47.0 Å². The van der Waals surface area contributed by atoms with Gasteiger partial charge in [0.25, 0.3) is 0 Å². The quantitative estimate of drug-likeness (QED) is 0.652. The minimum absolute atomic E-state index is 0.0342. The fourth-order valence-electron chi connectivity index (χ4n) is 3.90. The van der Waals surface area contributed by atoms with E-state index in [0.717, 1.165) is 28.6 Å². The predicted octanol–water partition coefficient (Wildman–Crippen LogP) is 5.12. The van der Waals surface area contributed by atoms with Crippen LogP contribution in [-0.2, 0) is 0 Å². The number of thioether (sulfide) groups is 1. The Balaban J connectivity index is 1.81. The summed E-state index contributed by atoms with van der Waals surface area (Å²) in [5.74, 6) is 2.30. The highest BCUT2D eigenvalue weighted by Crippen LogP contribution is 2.50. The van der Waals surface area contributed by atoms with Crippen molar-refractivity contribution in [2.45, 2.75) is 38.4 Å². The number of halogens is 1. The lowest BCUT2D eigenvalue weighted by Crippen LogP contribution is -2.35. The molecule has 7 heteroatoms. The number of ether oxygens (including phenoxy) is 2. The van der Waals surface area contributed by atoms with Crippen LogP contribution in [0.2, 0.25) is 5.02 Å². The number of methoxy groups -OCH3 is 1. The maximum Gasteiger partial charge on any atom is 0.179 e. The second-order valence-electron chi connectivity index (χ2n) is 6.80. The number of amidine groups is 1. The number of pyridine rings is 1. The molecule has 3 atom stereocenters. The van der Waals surface area contributed by atoms with E-state index >= 15 is 0 Å². The second-order valence-corrected chi connectivity index (χ2v) is 8.20. The molecule has 0 bridgehead atoms. The molecule has 4 rings (SSSR count). The molecule has 5 nitrogen and oxygen atoms in total. The SMILES string of the molecule is CCOc1c(Cl)cc([C@@H]2[C@H](c3ccccn3)N=C3SC[C@H](CC)N32)cc1OC. The van der Waals surface area contributed by atoms with Gasteiger partial charge in [-0.3, -0.25) is 9.98 Å². The van der Waals surface area contributed by atoms with E-state index < -0.39 is 0 Å². The number of nitrogens with zero attached hydrogens (tertiary/aromatic N) is 3. The Kier molecular flexibility index (Phi) is 5.69. The fraction of sp³-hybridized carbons (Fsp3) is 0.429. The summed E-state index contributed by atoms with van der Waals surface area (Å²) in [6.07, 6.45) is 2.89. The second kappa shape index (κ2) is 8.21. The van der Waals surface area contributed by atoms with Crippen LogP contribution in [0.25, 0.3) is 0 Å². The predicted molar refractivity (Wildman–Crippen MR) is 115 cm³/mol. The largest absolute Gasteiger partial charge is 0.493 e. The van der Waals surface area contributed by atoms with E-state index in [0.29, 0.717) is 29.2 Å². The number of rotatable bonds is 6. The van der Waals surface area contributed by atoms with Crippen molar-refractivity contribution in [1.29, 1.82) is 0 Å². The first kappa shape index (κ1) is 19.4. The van der Waals surface area contributed by atoms with Crippen LogP contribution >= 0.6 is 23.4 Å². The summed E-state index contributed by atoms with van der Waals surface area (Å²) in [7, 11) is 1.64. The zero-order valence-corrected chi connectivity index (χ0v) is 17.8. The standard InChI is InChI=1S/C21H24ClN3O2S/c1-4-14-12-28-21-24-18(16-8-6-7-9-23-16)19(25(14)21)13-10-15(22)20(27-5-2)17(11-13)26-3/h6-11,14,18-19H,4-5,12H2,1-3H3/t14-,18-,19+/m0/s1. The first-order chi connectivity index (χ1) is 13.7. The molecule has 2 aliphatic rings. The van der Waals surface area contributed by atoms with Crippen molar-refractivity contribution in [3.05, 3.63) is 52.8 Å². The van der Waals surface area contributed by atoms with Gasteiger partial charge < -0.3 is 14.4 Å². The lowest BCUT2D eigenvalue weighted by atomic mass is 9.95. The molecule has 2 aliphatic heterocycles. The number of hydrogen-bond donors (Lipinski definition) is 0. The van der Waals surface area contributed by atoms with Crippen LogP contribution < -0.4 is 9.47 Å². The van der Waals surface area contributed by atoms with Crippen molar-refractivity contribution in [1.82, 2.24) is 9.88 Å². The number of hydrogen-bond acceptors (Lipinski definition) is 6. The third-order valence-electron chi connectivity index (χ3n) is 5.21. The Morgan fingerprint density at radius 2 is 2.14 bits per heavy atom. The monoisotopic (exact) mass is 417 g/mol. The van der Waals surface area contributed by atoms with Gasteiger partial charge in [0.2, 0.25) is 0 Å². The number of benzene rings is 1. The van der Waals surface area contributed by atoms with Crippen molar-refractivity contribution < 1.29 is 9.47 Å². The molecular weight excluding hydrogens is 394 g/mol. The summed E-state index contributed by atoms with van der Waals surface area (Å²) in [5, 5.41) is 1.65. The Hall–Kier alpha value is -1.92. The van der Waals surface area contributed by atoms with Crippen molar-refractivity contribution in [2.24, 2.45) is 4.99 Å². The first-order valence-electron chi connectivity index (χ1n) is 9.58. The molecule has 0 spiro atoms. The molecule has 28 heavy (non-hydrogen) atoms. The van der Waals surface area contributed by atoms with Crippen LogP contribution in [0.5, 0.6) is 11.5 Å². The molecule has 0 radical (unpaired) electrons. The molecule has 1 aromatic carbocycles. The maximum atomic E-state index is 6.60. The van der Waals surface area contributed by atoms with E-state index in [9.17, 15) is 0 Å². The Morgan fingerprint density at radius 3 is 2.82 bits per heavy atom.